The molecular formula is C12H21N3OS. The molecule has 1 aromatic heterocycles. The van der Waals surface area contributed by atoms with Crippen molar-refractivity contribution < 1.29 is 4.79 Å². The molecule has 1 N–H and O–H groups in total. The minimum Gasteiger partial charge on any atom is -0.338 e. The van der Waals surface area contributed by atoms with Gasteiger partial charge in [-0.25, -0.2) is 9.78 Å². The fourth-order valence-electron chi connectivity index (χ4n) is 1.45. The van der Waals surface area contributed by atoms with E-state index in [0.29, 0.717) is 6.54 Å². The van der Waals surface area contributed by atoms with E-state index in [1.807, 2.05) is 19.4 Å². The van der Waals surface area contributed by atoms with Crippen LogP contribution in [0.15, 0.2) is 5.38 Å². The van der Waals surface area contributed by atoms with Gasteiger partial charge in [-0.1, -0.05) is 13.3 Å². The number of rotatable bonds is 6. The van der Waals surface area contributed by atoms with Crippen molar-refractivity contribution in [3.05, 3.63) is 16.1 Å². The Bertz CT molecular complexity index is 351. The van der Waals surface area contributed by atoms with Crippen LogP contribution in [-0.2, 0) is 6.42 Å². The van der Waals surface area contributed by atoms with E-state index in [0.717, 1.165) is 36.5 Å². The van der Waals surface area contributed by atoms with Gasteiger partial charge in [0.15, 0.2) is 0 Å². The van der Waals surface area contributed by atoms with Gasteiger partial charge in [-0.2, -0.15) is 0 Å². The van der Waals surface area contributed by atoms with E-state index in [-0.39, 0.29) is 6.03 Å². The van der Waals surface area contributed by atoms with Gasteiger partial charge >= 0.3 is 6.03 Å². The number of unbranched alkanes of at least 4 members (excludes halogenated alkanes) is 1. The van der Waals surface area contributed by atoms with Gasteiger partial charge in [0.1, 0.15) is 0 Å². The number of thiazole rings is 1. The van der Waals surface area contributed by atoms with Crippen molar-refractivity contribution in [2.45, 2.75) is 33.1 Å². The highest BCUT2D eigenvalue weighted by Gasteiger charge is 2.06. The lowest BCUT2D eigenvalue weighted by Gasteiger charge is -2.17. The fraction of sp³-hybridized carbons (Fsp3) is 0.667. The van der Waals surface area contributed by atoms with Crippen molar-refractivity contribution in [1.29, 1.82) is 0 Å². The van der Waals surface area contributed by atoms with Crippen LogP contribution in [0.4, 0.5) is 4.79 Å². The molecule has 0 aliphatic carbocycles. The average molecular weight is 255 g/mol. The topological polar surface area (TPSA) is 45.2 Å². The third-order valence-electron chi connectivity index (χ3n) is 2.52. The summed E-state index contributed by atoms with van der Waals surface area (Å²) in [5.41, 5.74) is 1.06. The maximum Gasteiger partial charge on any atom is 0.317 e. The first-order valence-corrected chi connectivity index (χ1v) is 6.91. The zero-order valence-electron chi connectivity index (χ0n) is 10.8. The number of nitrogens with zero attached hydrogens (tertiary/aromatic N) is 2. The van der Waals surface area contributed by atoms with Crippen LogP contribution < -0.4 is 5.32 Å². The Morgan fingerprint density at radius 3 is 2.94 bits per heavy atom. The van der Waals surface area contributed by atoms with Crippen LogP contribution in [0.2, 0.25) is 0 Å². The van der Waals surface area contributed by atoms with Crippen LogP contribution in [-0.4, -0.2) is 36.1 Å². The second-order valence-corrected chi connectivity index (χ2v) is 5.18. The van der Waals surface area contributed by atoms with Crippen LogP contribution in [0.5, 0.6) is 0 Å². The first kappa shape index (κ1) is 14.0. The third kappa shape index (κ3) is 5.17. The Kier molecular flexibility index (Phi) is 5.97. The molecule has 0 spiro atoms. The van der Waals surface area contributed by atoms with Crippen molar-refractivity contribution in [3.63, 3.8) is 0 Å². The van der Waals surface area contributed by atoms with Crippen molar-refractivity contribution >= 4 is 17.4 Å². The molecule has 0 bridgehead atoms. The number of carbonyl (C=O) groups is 1. The molecule has 1 heterocycles. The average Bonchev–Trinajstić information content (AvgIpc) is 2.71. The van der Waals surface area contributed by atoms with E-state index >= 15 is 0 Å². The van der Waals surface area contributed by atoms with E-state index < -0.39 is 0 Å². The van der Waals surface area contributed by atoms with Crippen LogP contribution in [0, 0.1) is 6.92 Å². The van der Waals surface area contributed by atoms with Gasteiger partial charge in [0.25, 0.3) is 0 Å². The normalized spacial score (nSPS) is 10.3. The van der Waals surface area contributed by atoms with Crippen LogP contribution >= 0.6 is 11.3 Å². The van der Waals surface area contributed by atoms with Crippen LogP contribution in [0.1, 0.15) is 30.5 Å². The lowest BCUT2D eigenvalue weighted by Crippen LogP contribution is -2.38. The quantitative estimate of drug-likeness (QED) is 0.848. The predicted molar refractivity (Wildman–Crippen MR) is 71.5 cm³/mol. The van der Waals surface area contributed by atoms with Crippen molar-refractivity contribution in [3.8, 4) is 0 Å². The first-order valence-electron chi connectivity index (χ1n) is 6.03. The summed E-state index contributed by atoms with van der Waals surface area (Å²) in [7, 11) is 1.83. The lowest BCUT2D eigenvalue weighted by atomic mass is 10.3. The number of urea groups is 1. The predicted octanol–water partition coefficient (Wildman–Crippen LogP) is 2.44. The fourth-order valence-corrected chi connectivity index (χ4v) is 2.10. The van der Waals surface area contributed by atoms with Gasteiger partial charge in [0, 0.05) is 31.9 Å². The van der Waals surface area contributed by atoms with E-state index in [9.17, 15) is 4.79 Å². The zero-order valence-corrected chi connectivity index (χ0v) is 11.6. The second-order valence-electron chi connectivity index (χ2n) is 4.11. The summed E-state index contributed by atoms with van der Waals surface area (Å²) in [4.78, 5) is 17.7. The molecule has 17 heavy (non-hydrogen) atoms. The van der Waals surface area contributed by atoms with Gasteiger partial charge in [0.05, 0.1) is 10.7 Å². The Balaban J connectivity index is 2.19. The summed E-state index contributed by atoms with van der Waals surface area (Å²) >= 11 is 1.65. The van der Waals surface area contributed by atoms with Gasteiger partial charge in [-0.3, -0.25) is 0 Å². The summed E-state index contributed by atoms with van der Waals surface area (Å²) < 4.78 is 0. The van der Waals surface area contributed by atoms with Crippen molar-refractivity contribution in [1.82, 2.24) is 15.2 Å². The largest absolute Gasteiger partial charge is 0.338 e. The van der Waals surface area contributed by atoms with Crippen LogP contribution in [0.25, 0.3) is 0 Å². The molecule has 4 nitrogen and oxygen atoms in total. The minimum absolute atomic E-state index is 0.00500. The van der Waals surface area contributed by atoms with E-state index in [1.165, 1.54) is 0 Å². The summed E-state index contributed by atoms with van der Waals surface area (Å²) in [6.07, 6.45) is 2.96. The van der Waals surface area contributed by atoms with Crippen molar-refractivity contribution in [2.75, 3.05) is 20.1 Å². The number of hydrogen-bond acceptors (Lipinski definition) is 3. The van der Waals surface area contributed by atoms with Gasteiger partial charge in [-0.15, -0.1) is 11.3 Å². The number of carbonyl (C=O) groups excluding carboxylic acids is 1. The highest BCUT2D eigenvalue weighted by Crippen LogP contribution is 2.07. The molecule has 0 unspecified atom stereocenters. The Morgan fingerprint density at radius 2 is 2.35 bits per heavy atom. The molecule has 5 heteroatoms. The molecule has 0 fully saturated rings. The molecule has 2 amide bonds. The molecular weight excluding hydrogens is 234 g/mol. The summed E-state index contributed by atoms with van der Waals surface area (Å²) in [5.74, 6) is 0. The Hall–Kier alpha value is -1.10. The zero-order chi connectivity index (χ0) is 12.7. The molecule has 0 saturated heterocycles. The molecule has 0 aliphatic heterocycles. The van der Waals surface area contributed by atoms with Crippen molar-refractivity contribution in [2.24, 2.45) is 0 Å². The number of nitrogens with one attached hydrogen (secondary N) is 1. The molecule has 0 atom stereocenters. The number of hydrogen-bond donors (Lipinski definition) is 1. The van der Waals surface area contributed by atoms with Gasteiger partial charge in [0.2, 0.25) is 0 Å². The second kappa shape index (κ2) is 7.27. The molecule has 0 saturated carbocycles. The molecule has 1 aromatic rings. The van der Waals surface area contributed by atoms with E-state index in [1.54, 1.807) is 16.2 Å². The highest BCUT2D eigenvalue weighted by atomic mass is 32.1. The van der Waals surface area contributed by atoms with E-state index in [2.05, 4.69) is 17.2 Å². The van der Waals surface area contributed by atoms with Gasteiger partial charge < -0.3 is 10.2 Å². The highest BCUT2D eigenvalue weighted by molar-refractivity contribution is 7.09. The maximum absolute atomic E-state index is 11.6. The first-order chi connectivity index (χ1) is 8.13. The van der Waals surface area contributed by atoms with E-state index in [4.69, 9.17) is 0 Å². The number of aromatic nitrogens is 1. The Labute approximate surface area is 107 Å². The smallest absolute Gasteiger partial charge is 0.317 e. The molecule has 0 aromatic carbocycles. The molecule has 96 valence electrons. The minimum atomic E-state index is 0.00500. The maximum atomic E-state index is 11.6. The van der Waals surface area contributed by atoms with Gasteiger partial charge in [-0.05, 0) is 13.3 Å². The lowest BCUT2D eigenvalue weighted by molar-refractivity contribution is 0.208. The summed E-state index contributed by atoms with van der Waals surface area (Å²) in [5, 5.41) is 6.02. The number of aryl methyl sites for hydroxylation is 1. The Morgan fingerprint density at radius 1 is 1.59 bits per heavy atom. The number of amides is 2. The molecule has 0 radical (unpaired) electrons. The summed E-state index contributed by atoms with van der Waals surface area (Å²) in [6.45, 7) is 5.58. The monoisotopic (exact) mass is 255 g/mol. The van der Waals surface area contributed by atoms with Crippen LogP contribution in [0.3, 0.4) is 0 Å². The molecule has 0 aliphatic rings. The third-order valence-corrected chi connectivity index (χ3v) is 3.34. The standard InChI is InChI=1S/C12H21N3OS/c1-4-5-8-15(3)12(16)13-7-6-11-9-17-10(2)14-11/h9H,4-8H2,1-3H3,(H,13,16). The SMILES string of the molecule is CCCCN(C)C(=O)NCCc1csc(C)n1. The summed E-state index contributed by atoms with van der Waals surface area (Å²) in [6, 6.07) is 0.00500. The molecule has 1 rings (SSSR count).